The Morgan fingerprint density at radius 1 is 1.38 bits per heavy atom. The van der Waals surface area contributed by atoms with E-state index in [0.717, 1.165) is 17.7 Å². The third-order valence-electron chi connectivity index (χ3n) is 1.78. The lowest BCUT2D eigenvalue weighted by molar-refractivity contribution is -0.107. The Balaban J connectivity index is 3.73. The number of aldehydes is 1. The molecule has 13 heavy (non-hydrogen) atoms. The minimum Gasteiger partial charge on any atom is -0.303 e. The second-order valence-corrected chi connectivity index (χ2v) is 4.73. The van der Waals surface area contributed by atoms with Crippen LogP contribution in [0.1, 0.15) is 45.4 Å². The molecule has 76 valence electrons. The molecule has 0 aromatic heterocycles. The van der Waals surface area contributed by atoms with E-state index in [2.05, 4.69) is 29.5 Å². The highest BCUT2D eigenvalue weighted by Gasteiger charge is 2.00. The predicted octanol–water partition coefficient (Wildman–Crippen LogP) is 4.43. The molecule has 0 aliphatic heterocycles. The van der Waals surface area contributed by atoms with Gasteiger partial charge in [-0.3, -0.25) is 0 Å². The summed E-state index contributed by atoms with van der Waals surface area (Å²) in [6.07, 6.45) is 6.91. The van der Waals surface area contributed by atoms with Crippen molar-refractivity contribution in [2.45, 2.75) is 45.4 Å². The lowest BCUT2D eigenvalue weighted by Crippen LogP contribution is -1.82. The van der Waals surface area contributed by atoms with Gasteiger partial charge in [0.1, 0.15) is 6.29 Å². The van der Waals surface area contributed by atoms with Crippen molar-refractivity contribution in [2.24, 2.45) is 0 Å². The number of carbonyl (C=O) groups is 1. The molecular weight excluding hydrogens is 298 g/mol. The Labute approximate surface area is 99.1 Å². The molecule has 0 heterocycles. The summed E-state index contributed by atoms with van der Waals surface area (Å²) in [7, 11) is 0. The van der Waals surface area contributed by atoms with Gasteiger partial charge in [0.25, 0.3) is 0 Å². The van der Waals surface area contributed by atoms with Gasteiger partial charge in [0.05, 0.1) is 0 Å². The topological polar surface area (TPSA) is 17.1 Å². The fourth-order valence-corrected chi connectivity index (χ4v) is 1.84. The van der Waals surface area contributed by atoms with E-state index >= 15 is 0 Å². The standard InChI is InChI=1S/C10H16ClIO/c1-2-3-4-7-10(12)9(11)6-5-8-13/h8H,2-7H2,1H3/b10-9-. The van der Waals surface area contributed by atoms with E-state index in [1.807, 2.05) is 0 Å². The van der Waals surface area contributed by atoms with E-state index in [1.54, 1.807) is 0 Å². The summed E-state index contributed by atoms with van der Waals surface area (Å²) in [6.45, 7) is 2.19. The normalized spacial score (nSPS) is 12.5. The maximum Gasteiger partial charge on any atom is 0.120 e. The van der Waals surface area contributed by atoms with E-state index in [0.29, 0.717) is 12.8 Å². The van der Waals surface area contributed by atoms with Crippen LogP contribution in [0, 0.1) is 0 Å². The highest BCUT2D eigenvalue weighted by atomic mass is 127. The van der Waals surface area contributed by atoms with Gasteiger partial charge in [0.2, 0.25) is 0 Å². The molecule has 0 saturated heterocycles. The van der Waals surface area contributed by atoms with Gasteiger partial charge in [-0.15, -0.1) is 0 Å². The van der Waals surface area contributed by atoms with Crippen molar-refractivity contribution in [3.05, 3.63) is 8.61 Å². The molecule has 0 aliphatic carbocycles. The van der Waals surface area contributed by atoms with Gasteiger partial charge >= 0.3 is 0 Å². The first-order valence-corrected chi connectivity index (χ1v) is 6.14. The molecule has 0 bridgehead atoms. The monoisotopic (exact) mass is 314 g/mol. The molecule has 0 fully saturated rings. The first-order chi connectivity index (χ1) is 6.22. The van der Waals surface area contributed by atoms with E-state index in [4.69, 9.17) is 11.6 Å². The van der Waals surface area contributed by atoms with Crippen LogP contribution in [-0.4, -0.2) is 6.29 Å². The Morgan fingerprint density at radius 3 is 2.62 bits per heavy atom. The van der Waals surface area contributed by atoms with E-state index in [9.17, 15) is 4.79 Å². The molecule has 0 aromatic rings. The number of hydrogen-bond acceptors (Lipinski definition) is 1. The zero-order chi connectivity index (χ0) is 10.1. The number of carbonyl (C=O) groups excluding carboxylic acids is 1. The Hall–Kier alpha value is 0.430. The molecule has 0 spiro atoms. The summed E-state index contributed by atoms with van der Waals surface area (Å²) in [4.78, 5) is 10.1. The SMILES string of the molecule is CCCCC/C(I)=C(/Cl)CCC=O. The first kappa shape index (κ1) is 13.4. The van der Waals surface area contributed by atoms with Crippen molar-refractivity contribution in [2.75, 3.05) is 0 Å². The predicted molar refractivity (Wildman–Crippen MR) is 66.3 cm³/mol. The van der Waals surface area contributed by atoms with Crippen molar-refractivity contribution in [3.63, 3.8) is 0 Å². The number of halogens is 2. The quantitative estimate of drug-likeness (QED) is 0.386. The van der Waals surface area contributed by atoms with Gasteiger partial charge < -0.3 is 4.79 Å². The van der Waals surface area contributed by atoms with Gasteiger partial charge in [0.15, 0.2) is 0 Å². The number of hydrogen-bond donors (Lipinski definition) is 0. The average Bonchev–Trinajstić information content (AvgIpc) is 2.14. The van der Waals surface area contributed by atoms with Crippen LogP contribution < -0.4 is 0 Å². The van der Waals surface area contributed by atoms with Crippen LogP contribution in [0.15, 0.2) is 8.61 Å². The van der Waals surface area contributed by atoms with E-state index < -0.39 is 0 Å². The second-order valence-electron chi connectivity index (χ2n) is 2.97. The third-order valence-corrected chi connectivity index (χ3v) is 3.70. The van der Waals surface area contributed by atoms with Gasteiger partial charge in [-0.1, -0.05) is 31.4 Å². The molecule has 0 N–H and O–H groups in total. The van der Waals surface area contributed by atoms with E-state index in [1.165, 1.54) is 22.8 Å². The van der Waals surface area contributed by atoms with Crippen LogP contribution in [0.2, 0.25) is 0 Å². The van der Waals surface area contributed by atoms with Gasteiger partial charge in [-0.2, -0.15) is 0 Å². The number of unbranched alkanes of at least 4 members (excludes halogenated alkanes) is 2. The summed E-state index contributed by atoms with van der Waals surface area (Å²) < 4.78 is 1.22. The van der Waals surface area contributed by atoms with Crippen LogP contribution in [0.4, 0.5) is 0 Å². The molecule has 1 nitrogen and oxygen atoms in total. The van der Waals surface area contributed by atoms with Crippen molar-refractivity contribution in [1.29, 1.82) is 0 Å². The van der Waals surface area contributed by atoms with Crippen molar-refractivity contribution in [3.8, 4) is 0 Å². The van der Waals surface area contributed by atoms with Crippen molar-refractivity contribution in [1.82, 2.24) is 0 Å². The average molecular weight is 315 g/mol. The molecule has 3 heteroatoms. The Morgan fingerprint density at radius 2 is 2.08 bits per heavy atom. The van der Waals surface area contributed by atoms with Crippen molar-refractivity contribution < 1.29 is 4.79 Å². The molecule has 0 aromatic carbocycles. The molecule has 0 amide bonds. The molecule has 0 atom stereocenters. The van der Waals surface area contributed by atoms with Gasteiger partial charge in [-0.25, -0.2) is 0 Å². The third kappa shape index (κ3) is 7.50. The zero-order valence-electron chi connectivity index (χ0n) is 7.98. The van der Waals surface area contributed by atoms with Crippen molar-refractivity contribution >= 4 is 40.5 Å². The lowest BCUT2D eigenvalue weighted by Gasteiger charge is -2.02. The smallest absolute Gasteiger partial charge is 0.120 e. The molecule has 0 rings (SSSR count). The van der Waals surface area contributed by atoms with Crippen LogP contribution in [0.25, 0.3) is 0 Å². The Bertz CT molecular complexity index is 178. The maximum atomic E-state index is 10.1. The molecular formula is C10H16ClIO. The molecule has 0 saturated carbocycles. The van der Waals surface area contributed by atoms with Crippen LogP contribution in [0.5, 0.6) is 0 Å². The minimum atomic E-state index is 0.541. The summed E-state index contributed by atoms with van der Waals surface area (Å²) >= 11 is 8.28. The highest BCUT2D eigenvalue weighted by Crippen LogP contribution is 2.25. The summed E-state index contributed by atoms with van der Waals surface area (Å²) in [5.74, 6) is 0. The fourth-order valence-electron chi connectivity index (χ4n) is 0.987. The summed E-state index contributed by atoms with van der Waals surface area (Å²) in [6, 6.07) is 0. The Kier molecular flexibility index (Phi) is 9.30. The zero-order valence-corrected chi connectivity index (χ0v) is 10.9. The van der Waals surface area contributed by atoms with Crippen LogP contribution in [-0.2, 0) is 4.79 Å². The maximum absolute atomic E-state index is 10.1. The van der Waals surface area contributed by atoms with E-state index in [-0.39, 0.29) is 0 Å². The second kappa shape index (κ2) is 9.00. The number of allylic oxidation sites excluding steroid dienone is 2. The van der Waals surface area contributed by atoms with Crippen LogP contribution in [0.3, 0.4) is 0 Å². The lowest BCUT2D eigenvalue weighted by atomic mass is 10.2. The minimum absolute atomic E-state index is 0.541. The number of rotatable bonds is 7. The van der Waals surface area contributed by atoms with Crippen LogP contribution >= 0.6 is 34.2 Å². The van der Waals surface area contributed by atoms with Gasteiger partial charge in [-0.05, 0) is 41.9 Å². The molecule has 0 aliphatic rings. The summed E-state index contributed by atoms with van der Waals surface area (Å²) in [5.41, 5.74) is 0. The highest BCUT2D eigenvalue weighted by molar-refractivity contribution is 14.1. The molecule has 0 radical (unpaired) electrons. The fraction of sp³-hybridized carbons (Fsp3) is 0.700. The largest absolute Gasteiger partial charge is 0.303 e. The first-order valence-electron chi connectivity index (χ1n) is 4.69. The van der Waals surface area contributed by atoms with Gasteiger partial charge in [0, 0.05) is 15.0 Å². The summed E-state index contributed by atoms with van der Waals surface area (Å²) in [5, 5.41) is 0.865. The molecule has 0 unspecified atom stereocenters.